The molecule has 0 aliphatic rings. The van der Waals surface area contributed by atoms with Gasteiger partial charge in [0.15, 0.2) is 0 Å². The molecule has 102 valence electrons. The summed E-state index contributed by atoms with van der Waals surface area (Å²) in [6.07, 6.45) is 1.56. The quantitative estimate of drug-likeness (QED) is 0.686. The normalized spacial score (nSPS) is 10.9. The van der Waals surface area contributed by atoms with Gasteiger partial charge in [0.2, 0.25) is 11.6 Å². The highest BCUT2D eigenvalue weighted by Gasteiger charge is 2.14. The van der Waals surface area contributed by atoms with Crippen molar-refractivity contribution in [1.29, 1.82) is 5.26 Å². The van der Waals surface area contributed by atoms with Crippen LogP contribution in [0.3, 0.4) is 0 Å². The molecule has 6 heteroatoms. The molecule has 0 aliphatic heterocycles. The van der Waals surface area contributed by atoms with Crippen LogP contribution < -0.4 is 5.43 Å². The summed E-state index contributed by atoms with van der Waals surface area (Å²) in [5.74, 6) is 0.835. The van der Waals surface area contributed by atoms with Gasteiger partial charge in [-0.15, -0.1) is 0 Å². The van der Waals surface area contributed by atoms with Gasteiger partial charge in [-0.25, -0.2) is 10.4 Å². The third-order valence-corrected chi connectivity index (χ3v) is 2.86. The van der Waals surface area contributed by atoms with Gasteiger partial charge in [-0.3, -0.25) is 0 Å². The summed E-state index contributed by atoms with van der Waals surface area (Å²) in [6.45, 7) is 3.87. The molecule has 0 aliphatic carbocycles. The number of hydrogen-bond donors (Lipinski definition) is 1. The summed E-state index contributed by atoms with van der Waals surface area (Å²) >= 11 is 6.00. The van der Waals surface area contributed by atoms with Gasteiger partial charge < -0.3 is 4.42 Å². The maximum absolute atomic E-state index is 8.99. The molecule has 0 spiro atoms. The van der Waals surface area contributed by atoms with Crippen LogP contribution in [0.4, 0.5) is 5.88 Å². The van der Waals surface area contributed by atoms with Crippen LogP contribution in [0.15, 0.2) is 33.8 Å². The van der Waals surface area contributed by atoms with Crippen molar-refractivity contribution in [2.45, 2.75) is 19.8 Å². The van der Waals surface area contributed by atoms with Crippen molar-refractivity contribution in [3.63, 3.8) is 0 Å². The Morgan fingerprint density at radius 3 is 2.85 bits per heavy atom. The Bertz CT molecular complexity index is 670. The molecule has 0 bridgehead atoms. The maximum atomic E-state index is 8.99. The molecule has 1 aromatic heterocycles. The van der Waals surface area contributed by atoms with Gasteiger partial charge in [0.1, 0.15) is 6.07 Å². The lowest BCUT2D eigenvalue weighted by atomic mass is 10.2. The number of halogens is 1. The van der Waals surface area contributed by atoms with Crippen molar-refractivity contribution in [1.82, 2.24) is 4.98 Å². The number of nitrogens with zero attached hydrogens (tertiary/aromatic N) is 3. The number of rotatable bonds is 4. The van der Waals surface area contributed by atoms with Crippen molar-refractivity contribution in [3.05, 3.63) is 46.4 Å². The minimum Gasteiger partial charge on any atom is -0.422 e. The highest BCUT2D eigenvalue weighted by Crippen LogP contribution is 2.22. The van der Waals surface area contributed by atoms with Crippen LogP contribution in [-0.2, 0) is 0 Å². The van der Waals surface area contributed by atoms with Crippen LogP contribution in [-0.4, -0.2) is 11.2 Å². The minimum atomic E-state index is 0.102. The highest BCUT2D eigenvalue weighted by molar-refractivity contribution is 6.33. The van der Waals surface area contributed by atoms with Crippen LogP contribution in [0.5, 0.6) is 0 Å². The standard InChI is InChI=1S/C14H13ClN4O/c1-9(2)13-18-12(7-16)14(20-13)19-17-8-10-5-3-4-6-11(10)15/h3-6,8-9,19H,1-2H3. The Labute approximate surface area is 121 Å². The SMILES string of the molecule is CC(C)c1nc(C#N)c(NN=Cc2ccccc2Cl)o1. The third-order valence-electron chi connectivity index (χ3n) is 2.52. The van der Waals surface area contributed by atoms with E-state index in [0.717, 1.165) is 5.56 Å². The number of hydrazone groups is 1. The zero-order valence-corrected chi connectivity index (χ0v) is 11.8. The Hall–Kier alpha value is -2.32. The second-order valence-corrected chi connectivity index (χ2v) is 4.80. The smallest absolute Gasteiger partial charge is 0.252 e. The van der Waals surface area contributed by atoms with E-state index in [2.05, 4.69) is 15.5 Å². The van der Waals surface area contributed by atoms with E-state index < -0.39 is 0 Å². The predicted molar refractivity (Wildman–Crippen MR) is 78.0 cm³/mol. The van der Waals surface area contributed by atoms with Crippen molar-refractivity contribution in [2.24, 2.45) is 5.10 Å². The molecule has 0 saturated carbocycles. The summed E-state index contributed by atoms with van der Waals surface area (Å²) in [5.41, 5.74) is 3.63. The van der Waals surface area contributed by atoms with Crippen molar-refractivity contribution in [3.8, 4) is 6.07 Å². The van der Waals surface area contributed by atoms with E-state index in [9.17, 15) is 0 Å². The summed E-state index contributed by atoms with van der Waals surface area (Å²) in [6, 6.07) is 9.27. The number of benzene rings is 1. The molecule has 0 radical (unpaired) electrons. The summed E-state index contributed by atoms with van der Waals surface area (Å²) in [7, 11) is 0. The molecule has 1 N–H and O–H groups in total. The van der Waals surface area contributed by atoms with Crippen LogP contribution in [0.25, 0.3) is 0 Å². The van der Waals surface area contributed by atoms with Crippen molar-refractivity contribution >= 4 is 23.7 Å². The second-order valence-electron chi connectivity index (χ2n) is 4.39. The zero-order valence-electron chi connectivity index (χ0n) is 11.1. The summed E-state index contributed by atoms with van der Waals surface area (Å²) in [4.78, 5) is 4.08. The topological polar surface area (TPSA) is 74.2 Å². The van der Waals surface area contributed by atoms with Gasteiger partial charge in [-0.05, 0) is 6.07 Å². The minimum absolute atomic E-state index is 0.102. The fourth-order valence-electron chi connectivity index (χ4n) is 1.48. The predicted octanol–water partition coefficient (Wildman–Crippen LogP) is 3.77. The number of nitriles is 1. The number of hydrogen-bond acceptors (Lipinski definition) is 5. The van der Waals surface area contributed by atoms with Crippen LogP contribution in [0, 0.1) is 11.3 Å². The maximum Gasteiger partial charge on any atom is 0.252 e. The molecular formula is C14H13ClN4O. The first-order valence-electron chi connectivity index (χ1n) is 6.06. The number of anilines is 1. The number of aromatic nitrogens is 1. The number of nitrogens with one attached hydrogen (secondary N) is 1. The number of oxazole rings is 1. The molecule has 2 rings (SSSR count). The van der Waals surface area contributed by atoms with Crippen LogP contribution in [0.2, 0.25) is 5.02 Å². The first kappa shape index (κ1) is 14.1. The molecule has 1 heterocycles. The largest absolute Gasteiger partial charge is 0.422 e. The van der Waals surface area contributed by atoms with E-state index in [1.807, 2.05) is 38.1 Å². The molecule has 0 unspecified atom stereocenters. The van der Waals surface area contributed by atoms with E-state index in [0.29, 0.717) is 10.9 Å². The molecule has 20 heavy (non-hydrogen) atoms. The fourth-order valence-corrected chi connectivity index (χ4v) is 1.66. The van der Waals surface area contributed by atoms with Crippen LogP contribution in [0.1, 0.15) is 36.9 Å². The monoisotopic (exact) mass is 288 g/mol. The van der Waals surface area contributed by atoms with E-state index >= 15 is 0 Å². The molecule has 0 saturated heterocycles. The molecule has 1 aromatic carbocycles. The average molecular weight is 289 g/mol. The summed E-state index contributed by atoms with van der Waals surface area (Å²) in [5, 5.41) is 13.6. The Kier molecular flexibility index (Phi) is 4.38. The Morgan fingerprint density at radius 1 is 1.45 bits per heavy atom. The summed E-state index contributed by atoms with van der Waals surface area (Å²) < 4.78 is 5.44. The zero-order chi connectivity index (χ0) is 14.5. The Morgan fingerprint density at radius 2 is 2.20 bits per heavy atom. The molecule has 0 atom stereocenters. The fraction of sp³-hybridized carbons (Fsp3) is 0.214. The van der Waals surface area contributed by atoms with Gasteiger partial charge in [0.05, 0.1) is 6.21 Å². The van der Waals surface area contributed by atoms with Gasteiger partial charge in [0, 0.05) is 16.5 Å². The highest BCUT2D eigenvalue weighted by atomic mass is 35.5. The van der Waals surface area contributed by atoms with Crippen LogP contribution >= 0.6 is 11.6 Å². The lowest BCUT2D eigenvalue weighted by Gasteiger charge is -1.98. The molecule has 2 aromatic rings. The van der Waals surface area contributed by atoms with E-state index in [1.165, 1.54) is 0 Å². The van der Waals surface area contributed by atoms with E-state index in [4.69, 9.17) is 21.3 Å². The average Bonchev–Trinajstić information content (AvgIpc) is 2.84. The first-order chi connectivity index (χ1) is 9.61. The lowest BCUT2D eigenvalue weighted by molar-refractivity contribution is 0.481. The second kappa shape index (κ2) is 6.22. The lowest BCUT2D eigenvalue weighted by Crippen LogP contribution is -1.91. The molecule has 0 amide bonds. The molecule has 0 fully saturated rings. The van der Waals surface area contributed by atoms with E-state index in [1.54, 1.807) is 12.3 Å². The molecular weight excluding hydrogens is 276 g/mol. The Balaban J connectivity index is 2.15. The van der Waals surface area contributed by atoms with Crippen molar-refractivity contribution < 1.29 is 4.42 Å². The van der Waals surface area contributed by atoms with Gasteiger partial charge in [0.25, 0.3) is 5.88 Å². The first-order valence-corrected chi connectivity index (χ1v) is 6.44. The van der Waals surface area contributed by atoms with Gasteiger partial charge >= 0.3 is 0 Å². The van der Waals surface area contributed by atoms with Gasteiger partial charge in [-0.2, -0.15) is 10.4 Å². The third kappa shape index (κ3) is 3.16. The van der Waals surface area contributed by atoms with Crippen molar-refractivity contribution in [2.75, 3.05) is 5.43 Å². The molecule has 5 nitrogen and oxygen atoms in total. The van der Waals surface area contributed by atoms with Gasteiger partial charge in [-0.1, -0.05) is 43.6 Å². The van der Waals surface area contributed by atoms with E-state index in [-0.39, 0.29) is 17.5 Å².